The van der Waals surface area contributed by atoms with E-state index in [0.29, 0.717) is 32.7 Å². The molecule has 10 heteroatoms. The molecule has 4 rings (SSSR count). The van der Waals surface area contributed by atoms with Crippen LogP contribution in [0.5, 0.6) is 5.75 Å². The number of carbonyl (C=O) groups excluding carboxylic acids is 1. The van der Waals surface area contributed by atoms with E-state index >= 15 is 0 Å². The lowest BCUT2D eigenvalue weighted by Gasteiger charge is -2.21. The number of amides is 1. The molecule has 2 aromatic carbocycles. The van der Waals surface area contributed by atoms with Gasteiger partial charge in [0.05, 0.1) is 17.2 Å². The fourth-order valence-electron chi connectivity index (χ4n) is 3.53. The van der Waals surface area contributed by atoms with E-state index in [4.69, 9.17) is 32.0 Å². The summed E-state index contributed by atoms with van der Waals surface area (Å²) in [4.78, 5) is 24.2. The Kier molecular flexibility index (Phi) is 9.60. The van der Waals surface area contributed by atoms with Crippen LogP contribution < -0.4 is 4.74 Å². The Morgan fingerprint density at radius 1 is 1.24 bits per heavy atom. The van der Waals surface area contributed by atoms with Crippen molar-refractivity contribution >= 4 is 46.3 Å². The average Bonchev–Trinajstić information content (AvgIpc) is 3.40. The molecule has 1 N–H and O–H groups in total. The number of thioether (sulfide) groups is 1. The molecule has 1 aliphatic heterocycles. The predicted molar refractivity (Wildman–Crippen MR) is 148 cm³/mol. The molecule has 0 radical (unpaired) electrons. The molecular weight excluding hydrogens is 513 g/mol. The lowest BCUT2D eigenvalue weighted by atomic mass is 10.1. The van der Waals surface area contributed by atoms with E-state index in [-0.39, 0.29) is 17.7 Å². The Hall–Kier alpha value is -3.50. The topological polar surface area (TPSA) is 84.7 Å². The molecule has 0 saturated carbocycles. The minimum absolute atomic E-state index is 0.0233. The first kappa shape index (κ1) is 28.1. The van der Waals surface area contributed by atoms with Crippen LogP contribution in [0.25, 0.3) is 23.0 Å². The summed E-state index contributed by atoms with van der Waals surface area (Å²) in [5, 5.41) is 12.1. The SMILES string of the molecule is CC(=O)O.CCOc1ccc(-c2nn(-c3ccccc3)cc2C=C2SC(=S)N(C(C)CC)C2=O)cc1F. The van der Waals surface area contributed by atoms with Crippen LogP contribution in [0, 0.1) is 5.82 Å². The molecule has 0 spiro atoms. The van der Waals surface area contributed by atoms with Crippen molar-refractivity contribution in [2.45, 2.75) is 40.2 Å². The Labute approximate surface area is 224 Å². The third-order valence-corrected chi connectivity index (χ3v) is 6.74. The van der Waals surface area contributed by atoms with Gasteiger partial charge in [-0.2, -0.15) is 5.10 Å². The molecule has 37 heavy (non-hydrogen) atoms. The van der Waals surface area contributed by atoms with Crippen molar-refractivity contribution in [3.05, 3.63) is 71.0 Å². The summed E-state index contributed by atoms with van der Waals surface area (Å²) in [6.07, 6.45) is 4.44. The molecule has 1 amide bonds. The lowest BCUT2D eigenvalue weighted by molar-refractivity contribution is -0.134. The Morgan fingerprint density at radius 2 is 1.92 bits per heavy atom. The summed E-state index contributed by atoms with van der Waals surface area (Å²) in [6, 6.07) is 14.4. The number of nitrogens with zero attached hydrogens (tertiary/aromatic N) is 3. The van der Waals surface area contributed by atoms with Crippen LogP contribution in [0.3, 0.4) is 0 Å². The number of benzene rings is 2. The van der Waals surface area contributed by atoms with Crippen LogP contribution in [0.2, 0.25) is 0 Å². The summed E-state index contributed by atoms with van der Waals surface area (Å²) in [7, 11) is 0. The number of ether oxygens (including phenoxy) is 1. The largest absolute Gasteiger partial charge is 0.491 e. The number of para-hydroxylation sites is 1. The molecule has 1 saturated heterocycles. The van der Waals surface area contributed by atoms with Gasteiger partial charge in [-0.05, 0) is 56.7 Å². The fourth-order valence-corrected chi connectivity index (χ4v) is 4.99. The normalized spacial score (nSPS) is 14.9. The van der Waals surface area contributed by atoms with Crippen LogP contribution in [-0.4, -0.2) is 48.6 Å². The van der Waals surface area contributed by atoms with Gasteiger partial charge in [0, 0.05) is 30.3 Å². The maximum Gasteiger partial charge on any atom is 0.300 e. The molecule has 1 fully saturated rings. The second-order valence-corrected chi connectivity index (χ2v) is 9.80. The van der Waals surface area contributed by atoms with Crippen molar-refractivity contribution in [2.24, 2.45) is 0 Å². The van der Waals surface area contributed by atoms with E-state index in [2.05, 4.69) is 0 Å². The number of hydrogen-bond donors (Lipinski definition) is 1. The van der Waals surface area contributed by atoms with Gasteiger partial charge >= 0.3 is 0 Å². The van der Waals surface area contributed by atoms with Gasteiger partial charge in [-0.3, -0.25) is 14.5 Å². The molecule has 3 aromatic rings. The second-order valence-electron chi connectivity index (χ2n) is 8.12. The van der Waals surface area contributed by atoms with Crippen LogP contribution in [0.15, 0.2) is 59.6 Å². The summed E-state index contributed by atoms with van der Waals surface area (Å²) >= 11 is 6.74. The monoisotopic (exact) mass is 541 g/mol. The van der Waals surface area contributed by atoms with Crippen LogP contribution >= 0.6 is 24.0 Å². The van der Waals surface area contributed by atoms with E-state index in [1.807, 2.05) is 57.3 Å². The zero-order valence-electron chi connectivity index (χ0n) is 21.0. The number of aromatic nitrogens is 2. The van der Waals surface area contributed by atoms with E-state index in [1.165, 1.54) is 17.8 Å². The minimum Gasteiger partial charge on any atom is -0.491 e. The van der Waals surface area contributed by atoms with E-state index in [9.17, 15) is 9.18 Å². The van der Waals surface area contributed by atoms with Gasteiger partial charge in [-0.1, -0.05) is 49.1 Å². The van der Waals surface area contributed by atoms with Gasteiger partial charge in [0.2, 0.25) is 0 Å². The number of hydrogen-bond acceptors (Lipinski definition) is 6. The molecule has 1 aliphatic rings. The highest BCUT2D eigenvalue weighted by Crippen LogP contribution is 2.36. The first-order chi connectivity index (χ1) is 17.7. The average molecular weight is 542 g/mol. The minimum atomic E-state index is -0.833. The van der Waals surface area contributed by atoms with Crippen molar-refractivity contribution < 1.29 is 23.8 Å². The Morgan fingerprint density at radius 3 is 2.51 bits per heavy atom. The third-order valence-electron chi connectivity index (χ3n) is 5.41. The van der Waals surface area contributed by atoms with Gasteiger partial charge in [0.1, 0.15) is 10.0 Å². The maximum absolute atomic E-state index is 14.6. The Balaban J connectivity index is 0.000000886. The lowest BCUT2D eigenvalue weighted by Crippen LogP contribution is -2.36. The molecule has 1 atom stereocenters. The fraction of sp³-hybridized carbons (Fsp3) is 0.259. The van der Waals surface area contributed by atoms with Crippen LogP contribution in [-0.2, 0) is 9.59 Å². The van der Waals surface area contributed by atoms with Crippen molar-refractivity contribution in [3.8, 4) is 22.7 Å². The third kappa shape index (κ3) is 6.84. The zero-order valence-corrected chi connectivity index (χ0v) is 22.6. The van der Waals surface area contributed by atoms with Crippen LogP contribution in [0.4, 0.5) is 4.39 Å². The summed E-state index contributed by atoms with van der Waals surface area (Å²) in [6.45, 7) is 7.27. The van der Waals surface area contributed by atoms with Gasteiger partial charge in [-0.15, -0.1) is 0 Å². The maximum atomic E-state index is 14.6. The van der Waals surface area contributed by atoms with Crippen LogP contribution in [0.1, 0.15) is 39.7 Å². The highest BCUT2D eigenvalue weighted by atomic mass is 32.2. The molecule has 2 heterocycles. The molecule has 1 aromatic heterocycles. The molecule has 194 valence electrons. The first-order valence-corrected chi connectivity index (χ1v) is 12.9. The predicted octanol–water partition coefficient (Wildman–Crippen LogP) is 6.17. The molecule has 0 aliphatic carbocycles. The van der Waals surface area contributed by atoms with E-state index in [1.54, 1.807) is 27.8 Å². The second kappa shape index (κ2) is 12.6. The van der Waals surface area contributed by atoms with E-state index in [0.717, 1.165) is 19.0 Å². The summed E-state index contributed by atoms with van der Waals surface area (Å²) in [5.74, 6) is -1.21. The molecule has 7 nitrogen and oxygen atoms in total. The number of halogens is 1. The summed E-state index contributed by atoms with van der Waals surface area (Å²) < 4.78 is 22.2. The first-order valence-electron chi connectivity index (χ1n) is 11.7. The number of carboxylic acids is 1. The number of carboxylic acid groups (broad SMARTS) is 1. The van der Waals surface area contributed by atoms with Gasteiger partial charge in [-0.25, -0.2) is 9.07 Å². The van der Waals surface area contributed by atoms with E-state index < -0.39 is 11.8 Å². The van der Waals surface area contributed by atoms with Crippen molar-refractivity contribution in [1.82, 2.24) is 14.7 Å². The van der Waals surface area contributed by atoms with Gasteiger partial charge in [0.15, 0.2) is 11.6 Å². The van der Waals surface area contributed by atoms with Crippen molar-refractivity contribution in [3.63, 3.8) is 0 Å². The standard InChI is InChI=1S/C25H24FN3O2S2.C2H4O2/c1-4-16(3)29-24(30)22(33-25(29)32)14-18-15-28(19-9-7-6-8-10-19)27-23(18)17-11-12-21(31-5-2)20(26)13-17;1-2(3)4/h6-16H,4-5H2,1-3H3;1H3,(H,3,4). The number of rotatable bonds is 7. The molecular formula is C27H28FN3O4S2. The number of thiocarbonyl (C=S) groups is 1. The number of aliphatic carboxylic acids is 1. The van der Waals surface area contributed by atoms with Gasteiger partial charge < -0.3 is 9.84 Å². The quantitative estimate of drug-likeness (QED) is 0.283. The summed E-state index contributed by atoms with van der Waals surface area (Å²) in [5.41, 5.74) is 2.72. The molecule has 1 unspecified atom stereocenters. The van der Waals surface area contributed by atoms with Crippen molar-refractivity contribution in [2.75, 3.05) is 6.61 Å². The zero-order chi connectivity index (χ0) is 27.1. The highest BCUT2D eigenvalue weighted by molar-refractivity contribution is 8.26. The molecule has 0 bridgehead atoms. The van der Waals surface area contributed by atoms with Gasteiger partial charge in [0.25, 0.3) is 11.9 Å². The smallest absolute Gasteiger partial charge is 0.300 e. The Bertz CT molecular complexity index is 1320. The number of carbonyl (C=O) groups is 2. The highest BCUT2D eigenvalue weighted by Gasteiger charge is 2.35. The van der Waals surface area contributed by atoms with Crippen molar-refractivity contribution in [1.29, 1.82) is 0 Å².